The molecule has 28 heavy (non-hydrogen) atoms. The average Bonchev–Trinajstić information content (AvgIpc) is 3.24. The number of benzene rings is 3. The van der Waals surface area contributed by atoms with Crippen molar-refractivity contribution in [2.75, 3.05) is 0 Å². The lowest BCUT2D eigenvalue weighted by Crippen LogP contribution is -2.41. The van der Waals surface area contributed by atoms with Gasteiger partial charge in [-0.1, -0.05) is 60.5 Å². The lowest BCUT2D eigenvalue weighted by molar-refractivity contribution is 0.00578. The molecule has 4 aromatic rings. The highest BCUT2D eigenvalue weighted by molar-refractivity contribution is 7.26. The minimum absolute atomic E-state index is 0.191. The quantitative estimate of drug-likeness (QED) is 0.389. The molecule has 2 nitrogen and oxygen atoms in total. The molecule has 1 fully saturated rings. The van der Waals surface area contributed by atoms with Crippen molar-refractivity contribution in [3.8, 4) is 11.1 Å². The molecule has 1 aromatic heterocycles. The minimum atomic E-state index is -0.467. The molecule has 0 amide bonds. The largest absolute Gasteiger partial charge is 0.494 e. The summed E-state index contributed by atoms with van der Waals surface area (Å²) in [7, 11) is -0.467. The van der Waals surface area contributed by atoms with Crippen molar-refractivity contribution in [3.63, 3.8) is 0 Å². The fourth-order valence-electron chi connectivity index (χ4n) is 3.52. The predicted octanol–water partition coefficient (Wildman–Crippen LogP) is 6.02. The van der Waals surface area contributed by atoms with Crippen LogP contribution < -0.4 is 5.46 Å². The summed E-state index contributed by atoms with van der Waals surface area (Å²) in [4.78, 5) is 0. The van der Waals surface area contributed by atoms with E-state index in [-0.39, 0.29) is 35.8 Å². The minimum Gasteiger partial charge on any atom is -0.399 e. The predicted molar refractivity (Wildman–Crippen MR) is 120 cm³/mol. The third-order valence-corrected chi connectivity index (χ3v) is 7.02. The highest BCUT2D eigenvalue weighted by atomic mass is 32.1. The summed E-state index contributed by atoms with van der Waals surface area (Å²) in [5.74, 6) is 0. The van der Waals surface area contributed by atoms with Crippen LogP contribution in [0.15, 0.2) is 66.6 Å². The van der Waals surface area contributed by atoms with Crippen molar-refractivity contribution in [1.82, 2.24) is 0 Å². The first-order valence-corrected chi connectivity index (χ1v) is 10.1. The summed E-state index contributed by atoms with van der Waals surface area (Å²) in [6.07, 6.45) is 0. The van der Waals surface area contributed by atoms with Crippen molar-refractivity contribution >= 4 is 44.1 Å². The fourth-order valence-corrected chi connectivity index (χ4v) is 4.79. The van der Waals surface area contributed by atoms with Gasteiger partial charge in [0.1, 0.15) is 0 Å². The van der Waals surface area contributed by atoms with Gasteiger partial charge in [0.2, 0.25) is 0 Å². The molecule has 140 valence electrons. The lowest BCUT2D eigenvalue weighted by atomic mass is 9.79. The summed E-state index contributed by atoms with van der Waals surface area (Å²) < 4.78 is 55.1. The zero-order valence-electron chi connectivity index (χ0n) is 21.3. The second-order valence-corrected chi connectivity index (χ2v) is 9.18. The first-order chi connectivity index (χ1) is 15.4. The van der Waals surface area contributed by atoms with E-state index in [9.17, 15) is 0 Å². The van der Waals surface area contributed by atoms with Gasteiger partial charge in [-0.2, -0.15) is 0 Å². The van der Waals surface area contributed by atoms with Gasteiger partial charge < -0.3 is 9.31 Å². The van der Waals surface area contributed by atoms with Gasteiger partial charge in [0.25, 0.3) is 0 Å². The molecule has 1 aliphatic heterocycles. The van der Waals surface area contributed by atoms with Crippen LogP contribution in [-0.4, -0.2) is 18.3 Å². The molecule has 1 saturated heterocycles. The molecule has 0 aliphatic carbocycles. The van der Waals surface area contributed by atoms with Gasteiger partial charge in [0, 0.05) is 20.2 Å². The number of hydrogen-bond acceptors (Lipinski definition) is 3. The Morgan fingerprint density at radius 3 is 2.32 bits per heavy atom. The van der Waals surface area contributed by atoms with E-state index in [0.29, 0.717) is 5.56 Å². The molecule has 0 N–H and O–H groups in total. The van der Waals surface area contributed by atoms with Crippen LogP contribution in [0, 0.1) is 0 Å². The Morgan fingerprint density at radius 2 is 1.61 bits per heavy atom. The maximum atomic E-state index is 8.40. The molecule has 0 atom stereocenters. The Morgan fingerprint density at radius 1 is 0.893 bits per heavy atom. The van der Waals surface area contributed by atoms with Crippen LogP contribution in [0.1, 0.15) is 34.5 Å². The van der Waals surface area contributed by atoms with Crippen molar-refractivity contribution in [2.45, 2.75) is 38.9 Å². The van der Waals surface area contributed by atoms with Crippen molar-refractivity contribution < 1.29 is 16.2 Å². The Kier molecular flexibility index (Phi) is 2.90. The molecule has 0 saturated carbocycles. The monoisotopic (exact) mass is 391 g/mol. The van der Waals surface area contributed by atoms with Gasteiger partial charge >= 0.3 is 7.12 Å². The maximum absolute atomic E-state index is 8.40. The van der Waals surface area contributed by atoms with E-state index in [1.807, 2.05) is 58.0 Å². The van der Waals surface area contributed by atoms with E-state index in [0.717, 1.165) is 25.6 Å². The normalized spacial score (nSPS) is 20.7. The van der Waals surface area contributed by atoms with Crippen molar-refractivity contribution in [1.29, 1.82) is 0 Å². The van der Waals surface area contributed by atoms with Gasteiger partial charge in [0.15, 0.2) is 0 Å². The second kappa shape index (κ2) is 6.18. The van der Waals surface area contributed by atoms with Crippen molar-refractivity contribution in [3.05, 3.63) is 66.6 Å². The molecular weight excluding hydrogens is 363 g/mol. The SMILES string of the molecule is [2H]c1c([2H])c([2H])c(-c2cccc3c2sc2cc(B4OC(C)(C)C(C)(C)O4)ccc23)c([2H])c1[2H]. The summed E-state index contributed by atoms with van der Waals surface area (Å²) in [5.41, 5.74) is 0.936. The first-order valence-electron chi connectivity index (χ1n) is 11.8. The van der Waals surface area contributed by atoms with E-state index in [4.69, 9.17) is 16.2 Å². The highest BCUT2D eigenvalue weighted by Crippen LogP contribution is 2.40. The molecule has 2 heterocycles. The van der Waals surface area contributed by atoms with Gasteiger partial charge in [-0.3, -0.25) is 0 Å². The lowest BCUT2D eigenvalue weighted by Gasteiger charge is -2.32. The maximum Gasteiger partial charge on any atom is 0.494 e. The number of fused-ring (bicyclic) bond motifs is 3. The second-order valence-electron chi connectivity index (χ2n) is 8.13. The van der Waals surface area contributed by atoms with Crippen LogP contribution >= 0.6 is 11.3 Å². The van der Waals surface area contributed by atoms with Crippen LogP contribution in [0.2, 0.25) is 0 Å². The Balaban J connectivity index is 1.69. The summed E-state index contributed by atoms with van der Waals surface area (Å²) in [5, 5.41) is 2.03. The van der Waals surface area contributed by atoms with Gasteiger partial charge in [0.05, 0.1) is 18.1 Å². The third-order valence-electron chi connectivity index (χ3n) is 5.82. The number of hydrogen-bond donors (Lipinski definition) is 0. The van der Waals surface area contributed by atoms with Crippen LogP contribution in [0.4, 0.5) is 0 Å². The first kappa shape index (κ1) is 13.2. The van der Waals surface area contributed by atoms with Crippen LogP contribution in [0.5, 0.6) is 0 Å². The van der Waals surface area contributed by atoms with Crippen LogP contribution in [-0.2, 0) is 9.31 Å². The molecular formula is C24H23BO2S. The molecule has 0 unspecified atom stereocenters. The van der Waals surface area contributed by atoms with E-state index >= 15 is 0 Å². The molecule has 1 aliphatic rings. The number of rotatable bonds is 2. The zero-order chi connectivity index (χ0) is 23.9. The Bertz CT molecular complexity index is 1400. The summed E-state index contributed by atoms with van der Waals surface area (Å²) >= 11 is 1.54. The molecule has 5 rings (SSSR count). The van der Waals surface area contributed by atoms with Crippen LogP contribution in [0.25, 0.3) is 31.3 Å². The molecule has 0 bridgehead atoms. The Hall–Kier alpha value is -2.14. The van der Waals surface area contributed by atoms with E-state index < -0.39 is 18.3 Å². The fraction of sp³-hybridized carbons (Fsp3) is 0.250. The Labute approximate surface area is 177 Å². The molecule has 3 aromatic carbocycles. The molecule has 4 heteroatoms. The van der Waals surface area contributed by atoms with Gasteiger partial charge in [-0.25, -0.2) is 0 Å². The van der Waals surface area contributed by atoms with Gasteiger partial charge in [-0.15, -0.1) is 11.3 Å². The van der Waals surface area contributed by atoms with E-state index in [1.165, 1.54) is 0 Å². The molecule has 0 radical (unpaired) electrons. The zero-order valence-corrected chi connectivity index (χ0v) is 17.1. The third kappa shape index (κ3) is 2.71. The average molecular weight is 391 g/mol. The topological polar surface area (TPSA) is 18.5 Å². The standard InChI is InChI=1S/C24H23BO2S/c1-23(2)24(3,4)27-25(26-23)17-13-14-19-20-12-8-11-18(16-9-6-5-7-10-16)22(20)28-21(19)15-17/h5-15H,1-4H3/i5D,6D,7D,9D,10D. The summed E-state index contributed by atoms with van der Waals surface area (Å²) in [6, 6.07) is 10.4. The number of thiophene rings is 1. The highest BCUT2D eigenvalue weighted by Gasteiger charge is 2.51. The van der Waals surface area contributed by atoms with E-state index in [2.05, 4.69) is 6.07 Å². The van der Waals surface area contributed by atoms with Crippen LogP contribution in [0.3, 0.4) is 0 Å². The van der Waals surface area contributed by atoms with Gasteiger partial charge in [-0.05, 0) is 50.4 Å². The molecule has 0 spiro atoms. The smallest absolute Gasteiger partial charge is 0.399 e. The van der Waals surface area contributed by atoms with E-state index in [1.54, 1.807) is 11.3 Å². The van der Waals surface area contributed by atoms with Crippen molar-refractivity contribution in [2.24, 2.45) is 0 Å². The summed E-state index contributed by atoms with van der Waals surface area (Å²) in [6.45, 7) is 8.10.